The van der Waals surface area contributed by atoms with Crippen LogP contribution in [0.2, 0.25) is 0 Å². The number of rotatable bonds is 8. The Balaban J connectivity index is 0.00000222. The number of aryl methyl sites for hydroxylation is 1. The van der Waals surface area contributed by atoms with Gasteiger partial charge < -0.3 is 10.0 Å². The molecule has 0 fully saturated rings. The molecule has 186 valence electrons. The lowest BCUT2D eigenvalue weighted by Gasteiger charge is -2.16. The maximum Gasteiger partial charge on any atom is 0.141 e. The Morgan fingerprint density at radius 3 is 2.42 bits per heavy atom. The van der Waals surface area contributed by atoms with E-state index in [9.17, 15) is 8.78 Å². The number of benzene rings is 1. The van der Waals surface area contributed by atoms with E-state index in [2.05, 4.69) is 42.8 Å². The number of nitrogens with one attached hydrogen (secondary N) is 2. The summed E-state index contributed by atoms with van der Waals surface area (Å²) in [6.07, 6.45) is 13.1. The van der Waals surface area contributed by atoms with E-state index in [4.69, 9.17) is 11.6 Å². The molecule has 0 atom stereocenters. The predicted octanol–water partition coefficient (Wildman–Crippen LogP) is 6.69. The molecule has 3 rings (SSSR count). The van der Waals surface area contributed by atoms with Crippen LogP contribution < -0.4 is 10.0 Å². The first-order valence-electron chi connectivity index (χ1n) is 10.5. The maximum atomic E-state index is 14.1. The van der Waals surface area contributed by atoms with Crippen molar-refractivity contribution in [3.8, 4) is 12.8 Å². The van der Waals surface area contributed by atoms with Crippen LogP contribution in [0.25, 0.3) is 5.57 Å². The Kier molecular flexibility index (Phi) is 11.1. The number of pyridine rings is 1. The summed E-state index contributed by atoms with van der Waals surface area (Å²) < 4.78 is 30.4. The molecule has 0 amide bonds. The molecule has 0 aliphatic carbocycles. The number of aromatic nitrogens is 3. The van der Waals surface area contributed by atoms with Crippen molar-refractivity contribution in [2.75, 3.05) is 12.4 Å². The second-order valence-electron chi connectivity index (χ2n) is 7.16. The topological polar surface area (TPSA) is 75.1 Å². The van der Waals surface area contributed by atoms with Crippen LogP contribution in [-0.4, -0.2) is 28.2 Å². The Labute approximate surface area is 219 Å². The van der Waals surface area contributed by atoms with Gasteiger partial charge in [0, 0.05) is 42.3 Å². The molecule has 1 aromatic carbocycles. The molecule has 0 spiro atoms. The van der Waals surface area contributed by atoms with Crippen molar-refractivity contribution in [3.05, 3.63) is 88.1 Å². The van der Waals surface area contributed by atoms with Crippen molar-refractivity contribution in [2.24, 2.45) is 4.99 Å². The van der Waals surface area contributed by atoms with Crippen LogP contribution in [-0.2, 0) is 0 Å². The molecule has 36 heavy (non-hydrogen) atoms. The van der Waals surface area contributed by atoms with Crippen LogP contribution in [0.4, 0.5) is 20.4 Å². The van der Waals surface area contributed by atoms with Crippen LogP contribution in [0, 0.1) is 31.4 Å². The van der Waals surface area contributed by atoms with E-state index in [0.29, 0.717) is 28.2 Å². The molecule has 2 heterocycles. The molecule has 0 unspecified atom stereocenters. The molecule has 0 bridgehead atoms. The molecule has 0 saturated heterocycles. The summed E-state index contributed by atoms with van der Waals surface area (Å²) in [6.45, 7) is 5.42. The van der Waals surface area contributed by atoms with Crippen molar-refractivity contribution >= 4 is 47.0 Å². The summed E-state index contributed by atoms with van der Waals surface area (Å²) >= 11 is 7.39. The lowest BCUT2D eigenvalue weighted by atomic mass is 10.0. The average Bonchev–Trinajstić information content (AvgIpc) is 2.85. The van der Waals surface area contributed by atoms with Gasteiger partial charge in [0.05, 0.1) is 10.6 Å². The van der Waals surface area contributed by atoms with Crippen LogP contribution >= 0.6 is 23.5 Å². The molecule has 3 aromatic rings. The molecular weight excluding hydrogens is 502 g/mol. The summed E-state index contributed by atoms with van der Waals surface area (Å²) in [5, 5.41) is 3.64. The van der Waals surface area contributed by atoms with Crippen molar-refractivity contribution in [3.63, 3.8) is 0 Å². The highest BCUT2D eigenvalue weighted by atomic mass is 35.5. The smallest absolute Gasteiger partial charge is 0.141 e. The molecule has 0 saturated carbocycles. The molecule has 6 nitrogen and oxygen atoms in total. The first-order valence-corrected chi connectivity index (χ1v) is 11.7. The number of aliphatic imine (C=N–C) groups is 1. The van der Waals surface area contributed by atoms with E-state index in [1.54, 1.807) is 38.6 Å². The fourth-order valence-electron chi connectivity index (χ4n) is 3.04. The Morgan fingerprint density at radius 2 is 1.78 bits per heavy atom. The summed E-state index contributed by atoms with van der Waals surface area (Å²) in [6, 6.07) is 8.88. The lowest BCUT2D eigenvalue weighted by Crippen LogP contribution is -2.09. The van der Waals surface area contributed by atoms with Crippen molar-refractivity contribution in [1.82, 2.24) is 19.7 Å². The van der Waals surface area contributed by atoms with Gasteiger partial charge in [-0.15, -0.1) is 12.8 Å². The maximum absolute atomic E-state index is 14.1. The van der Waals surface area contributed by atoms with Gasteiger partial charge in [-0.3, -0.25) is 4.99 Å². The van der Waals surface area contributed by atoms with Crippen molar-refractivity contribution < 1.29 is 8.78 Å². The van der Waals surface area contributed by atoms with Gasteiger partial charge >= 0.3 is 0 Å². The third-order valence-corrected chi connectivity index (χ3v) is 5.69. The fourth-order valence-corrected chi connectivity index (χ4v) is 4.10. The summed E-state index contributed by atoms with van der Waals surface area (Å²) in [7, 11) is 1.67. The molecule has 0 aliphatic rings. The Hall–Kier alpha value is -3.74. The van der Waals surface area contributed by atoms with Gasteiger partial charge in [0.2, 0.25) is 0 Å². The zero-order valence-corrected chi connectivity index (χ0v) is 21.8. The second-order valence-corrected chi connectivity index (χ2v) is 8.57. The highest BCUT2D eigenvalue weighted by molar-refractivity contribution is 7.97. The minimum Gasteiger partial charge on any atom is -0.325 e. The fraction of sp³-hybridized carbons (Fsp3) is 0.154. The predicted molar refractivity (Wildman–Crippen MR) is 145 cm³/mol. The van der Waals surface area contributed by atoms with Crippen molar-refractivity contribution in [1.29, 1.82) is 0 Å². The first-order chi connectivity index (χ1) is 17.3. The van der Waals surface area contributed by atoms with E-state index in [1.165, 1.54) is 12.1 Å². The molecule has 2 N–H and O–H groups in total. The third-order valence-electron chi connectivity index (χ3n) is 4.64. The van der Waals surface area contributed by atoms with E-state index < -0.39 is 11.6 Å². The number of hydrogen-bond acceptors (Lipinski definition) is 7. The molecule has 10 heteroatoms. The van der Waals surface area contributed by atoms with E-state index in [1.807, 2.05) is 26.0 Å². The summed E-state index contributed by atoms with van der Waals surface area (Å²) in [5.41, 5.74) is 2.99. The quantitative estimate of drug-likeness (QED) is 0.147. The number of terminal acetylenes is 1. The standard InChI is InChI=1S/C24H23ClF2N6S.C2H2/c1-14(24(15(2)25)33-34-21-6-5-18(26)12-20(21)27)19(13-28-4)17-7-9-30-23(11-17)32-22-8-10-29-16(3)31-22;1-2/h5-13,33H,1-4H3,(H,29,30,31,32);1-2H/b19-14+,24-15-,28-13?;. The zero-order valence-electron chi connectivity index (χ0n) is 20.2. The SMILES string of the molecule is C#C.CN=C/C(=C(C)\C(NSc1ccc(F)cc1F)=C(/C)Cl)c1ccnc(Nc2ccnc(C)n2)c1. The molecule has 0 aliphatic heterocycles. The normalized spacial score (nSPS) is 12.2. The highest BCUT2D eigenvalue weighted by Gasteiger charge is 2.14. The number of hydrogen-bond donors (Lipinski definition) is 2. The highest BCUT2D eigenvalue weighted by Crippen LogP contribution is 2.29. The van der Waals surface area contributed by atoms with Crippen LogP contribution in [0.5, 0.6) is 0 Å². The van der Waals surface area contributed by atoms with Crippen LogP contribution in [0.3, 0.4) is 0 Å². The summed E-state index contributed by atoms with van der Waals surface area (Å²) in [4.78, 5) is 17.2. The van der Waals surface area contributed by atoms with Gasteiger partial charge in [-0.05, 0) is 74.2 Å². The largest absolute Gasteiger partial charge is 0.325 e. The van der Waals surface area contributed by atoms with Crippen LogP contribution in [0.1, 0.15) is 25.2 Å². The summed E-state index contributed by atoms with van der Waals surface area (Å²) in [5.74, 6) is 0.562. The van der Waals surface area contributed by atoms with Gasteiger partial charge in [0.1, 0.15) is 29.1 Å². The van der Waals surface area contributed by atoms with Crippen molar-refractivity contribution in [2.45, 2.75) is 25.7 Å². The Bertz CT molecular complexity index is 1320. The van der Waals surface area contributed by atoms with E-state index in [-0.39, 0.29) is 4.90 Å². The molecular formula is C26H25ClF2N6S. The molecule has 0 radical (unpaired) electrons. The minimum atomic E-state index is -0.661. The van der Waals surface area contributed by atoms with E-state index in [0.717, 1.165) is 34.7 Å². The number of anilines is 2. The first kappa shape index (κ1) is 28.5. The van der Waals surface area contributed by atoms with Gasteiger partial charge in [0.25, 0.3) is 0 Å². The Morgan fingerprint density at radius 1 is 1.06 bits per heavy atom. The lowest BCUT2D eigenvalue weighted by molar-refractivity contribution is 0.565. The van der Waals surface area contributed by atoms with Gasteiger partial charge in [-0.25, -0.2) is 23.7 Å². The minimum absolute atomic E-state index is 0.242. The van der Waals surface area contributed by atoms with E-state index >= 15 is 0 Å². The van der Waals surface area contributed by atoms with Gasteiger partial charge in [0.15, 0.2) is 0 Å². The third kappa shape index (κ3) is 7.90. The van der Waals surface area contributed by atoms with Gasteiger partial charge in [-0.2, -0.15) is 0 Å². The number of nitrogens with zero attached hydrogens (tertiary/aromatic N) is 4. The number of halogens is 3. The second kappa shape index (κ2) is 14.0. The zero-order chi connectivity index (χ0) is 26.7. The van der Waals surface area contributed by atoms with Gasteiger partial charge in [-0.1, -0.05) is 11.6 Å². The monoisotopic (exact) mass is 526 g/mol. The number of allylic oxidation sites excluding steroid dienone is 3. The molecule has 2 aromatic heterocycles. The van der Waals surface area contributed by atoms with Crippen LogP contribution in [0.15, 0.2) is 75.0 Å². The average molecular weight is 527 g/mol.